The van der Waals surface area contributed by atoms with E-state index in [1.165, 1.54) is 6.42 Å². The van der Waals surface area contributed by atoms with E-state index >= 15 is 0 Å². The molecule has 1 N–H and O–H groups in total. The molecule has 2 rings (SSSR count). The first-order valence-electron chi connectivity index (χ1n) is 6.45. The minimum Gasteiger partial charge on any atom is -0.381 e. The van der Waals surface area contributed by atoms with Crippen molar-refractivity contribution in [3.63, 3.8) is 0 Å². The Morgan fingerprint density at radius 3 is 3.17 bits per heavy atom. The van der Waals surface area contributed by atoms with Gasteiger partial charge in [0.05, 0.1) is 19.8 Å². The number of hydrogen-bond donors (Lipinski definition) is 1. The normalized spacial score (nSPS) is 19.3. The van der Waals surface area contributed by atoms with Gasteiger partial charge in [0, 0.05) is 24.7 Å². The molecule has 18 heavy (non-hydrogen) atoms. The van der Waals surface area contributed by atoms with Gasteiger partial charge in [-0.2, -0.15) is 0 Å². The first-order valence-corrected chi connectivity index (χ1v) is 6.83. The Balaban J connectivity index is 1.50. The predicted molar refractivity (Wildman–Crippen MR) is 72.9 cm³/mol. The summed E-state index contributed by atoms with van der Waals surface area (Å²) in [5, 5.41) is 4.15. The number of hydrogen-bond acceptors (Lipinski definition) is 3. The quantitative estimate of drug-likeness (QED) is 0.772. The Hall–Kier alpha value is -0.610. The molecule has 0 radical (unpaired) electrons. The van der Waals surface area contributed by atoms with E-state index in [-0.39, 0.29) is 0 Å². The minimum absolute atomic E-state index is 0.620. The summed E-state index contributed by atoms with van der Waals surface area (Å²) in [4.78, 5) is 0. The summed E-state index contributed by atoms with van der Waals surface area (Å²) in [6.45, 7) is 5.07. The molecule has 1 aliphatic heterocycles. The highest BCUT2D eigenvalue weighted by Gasteiger charge is 2.14. The number of halogens is 1. The van der Waals surface area contributed by atoms with Crippen molar-refractivity contribution >= 4 is 11.6 Å². The molecule has 0 spiro atoms. The summed E-state index contributed by atoms with van der Waals surface area (Å²) < 4.78 is 10.9. The van der Waals surface area contributed by atoms with E-state index in [0.29, 0.717) is 12.5 Å². The van der Waals surface area contributed by atoms with Crippen LogP contribution < -0.4 is 5.32 Å². The highest BCUT2D eigenvalue weighted by molar-refractivity contribution is 6.30. The number of ether oxygens (including phenoxy) is 2. The van der Waals surface area contributed by atoms with Gasteiger partial charge >= 0.3 is 0 Å². The number of rotatable bonds is 7. The lowest BCUT2D eigenvalue weighted by atomic mass is 10.1. The molecule has 1 heterocycles. The van der Waals surface area contributed by atoms with Crippen LogP contribution in [0.25, 0.3) is 0 Å². The third-order valence-corrected chi connectivity index (χ3v) is 3.27. The maximum Gasteiger partial charge on any atom is 0.0718 e. The summed E-state index contributed by atoms with van der Waals surface area (Å²) in [6, 6.07) is 7.77. The topological polar surface area (TPSA) is 30.5 Å². The summed E-state index contributed by atoms with van der Waals surface area (Å²) in [5.41, 5.74) is 1.12. The summed E-state index contributed by atoms with van der Waals surface area (Å²) in [7, 11) is 0. The van der Waals surface area contributed by atoms with Gasteiger partial charge in [-0.15, -0.1) is 0 Å². The van der Waals surface area contributed by atoms with Gasteiger partial charge < -0.3 is 14.8 Å². The fraction of sp³-hybridized carbons (Fsp3) is 0.571. The van der Waals surface area contributed by atoms with Crippen molar-refractivity contribution in [3.8, 4) is 0 Å². The zero-order valence-electron chi connectivity index (χ0n) is 10.5. The molecular weight excluding hydrogens is 250 g/mol. The van der Waals surface area contributed by atoms with Gasteiger partial charge in [0.1, 0.15) is 0 Å². The Morgan fingerprint density at radius 2 is 2.39 bits per heavy atom. The molecule has 0 amide bonds. The monoisotopic (exact) mass is 269 g/mol. The van der Waals surface area contributed by atoms with Crippen LogP contribution in [0.4, 0.5) is 0 Å². The van der Waals surface area contributed by atoms with Crippen molar-refractivity contribution < 1.29 is 9.47 Å². The van der Waals surface area contributed by atoms with Gasteiger partial charge in [-0.3, -0.25) is 0 Å². The lowest BCUT2D eigenvalue weighted by molar-refractivity contribution is 0.121. The van der Waals surface area contributed by atoms with Crippen LogP contribution in [0.15, 0.2) is 24.3 Å². The highest BCUT2D eigenvalue weighted by atomic mass is 35.5. The molecule has 1 aromatic rings. The second kappa shape index (κ2) is 7.74. The molecule has 0 aromatic heterocycles. The van der Waals surface area contributed by atoms with E-state index in [2.05, 4.69) is 5.32 Å². The van der Waals surface area contributed by atoms with Gasteiger partial charge in [-0.25, -0.2) is 0 Å². The molecule has 0 saturated carbocycles. The second-order valence-corrected chi connectivity index (χ2v) is 5.05. The third-order valence-electron chi connectivity index (χ3n) is 3.04. The lowest BCUT2D eigenvalue weighted by Gasteiger charge is -2.09. The fourth-order valence-electron chi connectivity index (χ4n) is 2.01. The highest BCUT2D eigenvalue weighted by Crippen LogP contribution is 2.11. The van der Waals surface area contributed by atoms with Crippen molar-refractivity contribution in [1.82, 2.24) is 5.32 Å². The van der Waals surface area contributed by atoms with Gasteiger partial charge in [0.25, 0.3) is 0 Å². The van der Waals surface area contributed by atoms with Crippen LogP contribution in [0.5, 0.6) is 0 Å². The summed E-state index contributed by atoms with van der Waals surface area (Å²) >= 11 is 5.90. The van der Waals surface area contributed by atoms with Gasteiger partial charge in [-0.1, -0.05) is 23.7 Å². The molecular formula is C14H20ClNO2. The standard InChI is InChI=1S/C14H20ClNO2/c15-14-3-1-2-12(8-14)10-18-7-5-16-9-13-4-6-17-11-13/h1-3,8,13,16H,4-7,9-11H2. The fourth-order valence-corrected chi connectivity index (χ4v) is 2.22. The Kier molecular flexibility index (Phi) is 5.94. The summed E-state index contributed by atoms with van der Waals surface area (Å²) in [5.74, 6) is 0.679. The van der Waals surface area contributed by atoms with E-state index < -0.39 is 0 Å². The van der Waals surface area contributed by atoms with Crippen LogP contribution in [0.3, 0.4) is 0 Å². The molecule has 1 aromatic carbocycles. The molecule has 1 saturated heterocycles. The molecule has 1 fully saturated rings. The lowest BCUT2D eigenvalue weighted by Crippen LogP contribution is -2.26. The van der Waals surface area contributed by atoms with Gasteiger partial charge in [-0.05, 0) is 30.0 Å². The maximum atomic E-state index is 5.90. The van der Waals surface area contributed by atoms with Crippen molar-refractivity contribution in [2.24, 2.45) is 5.92 Å². The van der Waals surface area contributed by atoms with E-state index in [9.17, 15) is 0 Å². The van der Waals surface area contributed by atoms with Crippen LogP contribution in [0, 0.1) is 5.92 Å². The summed E-state index contributed by atoms with van der Waals surface area (Å²) in [6.07, 6.45) is 1.18. The third kappa shape index (κ3) is 4.94. The van der Waals surface area contributed by atoms with Crippen molar-refractivity contribution in [2.75, 3.05) is 32.9 Å². The zero-order valence-corrected chi connectivity index (χ0v) is 11.3. The number of nitrogens with one attached hydrogen (secondary N) is 1. The number of benzene rings is 1. The van der Waals surface area contributed by atoms with Gasteiger partial charge in [0.15, 0.2) is 0 Å². The molecule has 100 valence electrons. The molecule has 1 unspecified atom stereocenters. The molecule has 3 nitrogen and oxygen atoms in total. The smallest absolute Gasteiger partial charge is 0.0718 e. The predicted octanol–water partition coefficient (Wildman–Crippen LogP) is 2.48. The SMILES string of the molecule is Clc1cccc(COCCNCC2CCOC2)c1. The van der Waals surface area contributed by atoms with Crippen LogP contribution in [-0.2, 0) is 16.1 Å². The van der Waals surface area contributed by atoms with E-state index in [0.717, 1.165) is 43.5 Å². The van der Waals surface area contributed by atoms with Crippen LogP contribution in [0.1, 0.15) is 12.0 Å². The molecule has 0 bridgehead atoms. The Labute approximate surface area is 113 Å². The average molecular weight is 270 g/mol. The first-order chi connectivity index (χ1) is 8.84. The zero-order chi connectivity index (χ0) is 12.6. The van der Waals surface area contributed by atoms with E-state index in [1.54, 1.807) is 0 Å². The average Bonchev–Trinajstić information content (AvgIpc) is 2.87. The minimum atomic E-state index is 0.620. The molecule has 0 aliphatic carbocycles. The van der Waals surface area contributed by atoms with Crippen LogP contribution >= 0.6 is 11.6 Å². The Bertz CT molecular complexity index is 353. The van der Waals surface area contributed by atoms with E-state index in [1.807, 2.05) is 24.3 Å². The van der Waals surface area contributed by atoms with E-state index in [4.69, 9.17) is 21.1 Å². The van der Waals surface area contributed by atoms with Crippen LogP contribution in [0.2, 0.25) is 5.02 Å². The molecule has 1 aliphatic rings. The van der Waals surface area contributed by atoms with Crippen molar-refractivity contribution in [3.05, 3.63) is 34.9 Å². The second-order valence-electron chi connectivity index (χ2n) is 4.62. The largest absolute Gasteiger partial charge is 0.381 e. The van der Waals surface area contributed by atoms with Crippen molar-refractivity contribution in [2.45, 2.75) is 13.0 Å². The maximum absolute atomic E-state index is 5.90. The first kappa shape index (κ1) is 13.8. The van der Waals surface area contributed by atoms with Crippen molar-refractivity contribution in [1.29, 1.82) is 0 Å². The Morgan fingerprint density at radius 1 is 1.44 bits per heavy atom. The molecule has 4 heteroatoms. The van der Waals surface area contributed by atoms with Crippen LogP contribution in [-0.4, -0.2) is 32.9 Å². The molecule has 1 atom stereocenters. The van der Waals surface area contributed by atoms with Gasteiger partial charge in [0.2, 0.25) is 0 Å².